The van der Waals surface area contributed by atoms with Gasteiger partial charge in [0.15, 0.2) is 0 Å². The molecule has 0 fully saturated rings. The summed E-state index contributed by atoms with van der Waals surface area (Å²) in [6, 6.07) is 0. The lowest BCUT2D eigenvalue weighted by molar-refractivity contribution is 0.367. The van der Waals surface area contributed by atoms with Crippen molar-refractivity contribution >= 4 is 15.9 Å². The number of nitrogens with zero attached hydrogens (tertiary/aromatic N) is 2. The molecule has 1 atom stereocenters. The van der Waals surface area contributed by atoms with E-state index < -0.39 is 0 Å². The van der Waals surface area contributed by atoms with Crippen molar-refractivity contribution in [1.29, 1.82) is 0 Å². The van der Waals surface area contributed by atoms with Crippen LogP contribution in [0.3, 0.4) is 0 Å². The van der Waals surface area contributed by atoms with Crippen LogP contribution in [0.4, 0.5) is 0 Å². The van der Waals surface area contributed by atoms with Crippen LogP contribution in [0.15, 0.2) is 4.60 Å². The Morgan fingerprint density at radius 3 is 3.14 bits per heavy atom. The van der Waals surface area contributed by atoms with Crippen LogP contribution in [0.25, 0.3) is 0 Å². The lowest BCUT2D eigenvalue weighted by Crippen LogP contribution is -2.22. The molecule has 2 N–H and O–H groups in total. The highest BCUT2D eigenvalue weighted by atomic mass is 79.9. The SMILES string of the molecule is Cc1nc(Br)c2n1CCC(CCN)C2. The monoisotopic (exact) mass is 257 g/mol. The summed E-state index contributed by atoms with van der Waals surface area (Å²) < 4.78 is 3.34. The van der Waals surface area contributed by atoms with Gasteiger partial charge in [-0.1, -0.05) is 0 Å². The minimum atomic E-state index is 0.750. The van der Waals surface area contributed by atoms with Crippen molar-refractivity contribution in [2.24, 2.45) is 11.7 Å². The number of rotatable bonds is 2. The quantitative estimate of drug-likeness (QED) is 0.880. The van der Waals surface area contributed by atoms with Gasteiger partial charge in [0.05, 0.1) is 5.69 Å². The standard InChI is InChI=1S/C10H16BrN3/c1-7-13-10(11)9-6-8(2-4-12)3-5-14(7)9/h8H,2-6,12H2,1H3. The Morgan fingerprint density at radius 2 is 2.43 bits per heavy atom. The molecular formula is C10H16BrN3. The van der Waals surface area contributed by atoms with E-state index in [0.29, 0.717) is 0 Å². The zero-order chi connectivity index (χ0) is 10.1. The average molecular weight is 258 g/mol. The number of aromatic nitrogens is 2. The third kappa shape index (κ3) is 1.73. The molecule has 1 unspecified atom stereocenters. The first-order chi connectivity index (χ1) is 6.72. The van der Waals surface area contributed by atoms with Crippen molar-refractivity contribution < 1.29 is 0 Å². The number of hydrogen-bond acceptors (Lipinski definition) is 2. The number of fused-ring (bicyclic) bond motifs is 1. The van der Waals surface area contributed by atoms with E-state index in [9.17, 15) is 0 Å². The van der Waals surface area contributed by atoms with Gasteiger partial charge in [-0.25, -0.2) is 4.98 Å². The van der Waals surface area contributed by atoms with Crippen LogP contribution in [0.5, 0.6) is 0 Å². The van der Waals surface area contributed by atoms with Crippen LogP contribution < -0.4 is 5.73 Å². The Morgan fingerprint density at radius 1 is 1.64 bits per heavy atom. The Kier molecular flexibility index (Phi) is 2.93. The summed E-state index contributed by atoms with van der Waals surface area (Å²) in [7, 11) is 0. The maximum Gasteiger partial charge on any atom is 0.127 e. The van der Waals surface area contributed by atoms with Crippen molar-refractivity contribution in [3.8, 4) is 0 Å². The van der Waals surface area contributed by atoms with Crippen LogP contribution >= 0.6 is 15.9 Å². The fraction of sp³-hybridized carbons (Fsp3) is 0.700. The van der Waals surface area contributed by atoms with E-state index in [-0.39, 0.29) is 0 Å². The molecule has 0 saturated carbocycles. The number of nitrogens with two attached hydrogens (primary N) is 1. The molecule has 0 bridgehead atoms. The van der Waals surface area contributed by atoms with Crippen molar-refractivity contribution in [3.05, 3.63) is 16.1 Å². The van der Waals surface area contributed by atoms with Crippen molar-refractivity contribution in [3.63, 3.8) is 0 Å². The van der Waals surface area contributed by atoms with Gasteiger partial charge < -0.3 is 10.3 Å². The van der Waals surface area contributed by atoms with Gasteiger partial charge in [-0.2, -0.15) is 0 Å². The topological polar surface area (TPSA) is 43.8 Å². The van der Waals surface area contributed by atoms with E-state index in [0.717, 1.165) is 42.3 Å². The van der Waals surface area contributed by atoms with Gasteiger partial charge in [0.1, 0.15) is 10.4 Å². The molecule has 0 spiro atoms. The molecular weight excluding hydrogens is 242 g/mol. The lowest BCUT2D eigenvalue weighted by Gasteiger charge is -2.24. The molecule has 0 amide bonds. The van der Waals surface area contributed by atoms with Crippen LogP contribution in [0.2, 0.25) is 0 Å². The Hall–Kier alpha value is -0.350. The first-order valence-corrected chi connectivity index (χ1v) is 5.93. The first kappa shape index (κ1) is 10.2. The molecule has 1 aliphatic rings. The summed E-state index contributed by atoms with van der Waals surface area (Å²) in [6.45, 7) is 3.97. The fourth-order valence-corrected chi connectivity index (χ4v) is 2.87. The van der Waals surface area contributed by atoms with Crippen LogP contribution in [0, 0.1) is 12.8 Å². The normalized spacial score (nSPS) is 20.9. The minimum absolute atomic E-state index is 0.750. The second-order valence-electron chi connectivity index (χ2n) is 3.98. The molecule has 0 radical (unpaired) electrons. The summed E-state index contributed by atoms with van der Waals surface area (Å²) in [5.74, 6) is 1.87. The molecule has 0 aromatic carbocycles. The molecule has 4 heteroatoms. The Labute approximate surface area is 92.8 Å². The Bertz CT molecular complexity index is 332. The number of hydrogen-bond donors (Lipinski definition) is 1. The predicted molar refractivity (Wildman–Crippen MR) is 60.1 cm³/mol. The zero-order valence-corrected chi connectivity index (χ0v) is 10.0. The molecule has 1 aliphatic heterocycles. The van der Waals surface area contributed by atoms with E-state index in [1.54, 1.807) is 0 Å². The second kappa shape index (κ2) is 4.03. The maximum absolute atomic E-state index is 5.59. The van der Waals surface area contributed by atoms with Crippen LogP contribution in [-0.4, -0.2) is 16.1 Å². The summed E-state index contributed by atoms with van der Waals surface area (Å²) in [6.07, 6.45) is 3.50. The smallest absolute Gasteiger partial charge is 0.127 e. The summed E-state index contributed by atoms with van der Waals surface area (Å²) in [5, 5.41) is 0. The number of halogens is 1. The summed E-state index contributed by atoms with van der Waals surface area (Å²) >= 11 is 3.52. The highest BCUT2D eigenvalue weighted by Gasteiger charge is 2.22. The van der Waals surface area contributed by atoms with E-state index in [2.05, 4.69) is 32.4 Å². The van der Waals surface area contributed by atoms with Gasteiger partial charge >= 0.3 is 0 Å². The largest absolute Gasteiger partial charge is 0.331 e. The molecule has 78 valence electrons. The minimum Gasteiger partial charge on any atom is -0.331 e. The molecule has 3 nitrogen and oxygen atoms in total. The third-order valence-electron chi connectivity index (χ3n) is 3.03. The second-order valence-corrected chi connectivity index (χ2v) is 4.74. The van der Waals surface area contributed by atoms with Gasteiger partial charge in [-0.05, 0) is 54.6 Å². The predicted octanol–water partition coefficient (Wildman–Crippen LogP) is 1.87. The van der Waals surface area contributed by atoms with E-state index >= 15 is 0 Å². The average Bonchev–Trinajstić information content (AvgIpc) is 2.43. The highest BCUT2D eigenvalue weighted by molar-refractivity contribution is 9.10. The van der Waals surface area contributed by atoms with Gasteiger partial charge in [0, 0.05) is 6.54 Å². The molecule has 0 aliphatic carbocycles. The lowest BCUT2D eigenvalue weighted by atomic mass is 9.93. The molecule has 1 aromatic rings. The first-order valence-electron chi connectivity index (χ1n) is 5.14. The van der Waals surface area contributed by atoms with Crippen LogP contribution in [0.1, 0.15) is 24.4 Å². The van der Waals surface area contributed by atoms with Gasteiger partial charge in [0.25, 0.3) is 0 Å². The molecule has 2 rings (SSSR count). The Balaban J connectivity index is 2.21. The highest BCUT2D eigenvalue weighted by Crippen LogP contribution is 2.28. The number of imidazole rings is 1. The fourth-order valence-electron chi connectivity index (χ4n) is 2.23. The summed E-state index contributed by atoms with van der Waals surface area (Å²) in [4.78, 5) is 4.44. The van der Waals surface area contributed by atoms with Gasteiger partial charge in [-0.15, -0.1) is 0 Å². The molecule has 2 heterocycles. The third-order valence-corrected chi connectivity index (χ3v) is 3.67. The zero-order valence-electron chi connectivity index (χ0n) is 8.46. The van der Waals surface area contributed by atoms with E-state index in [4.69, 9.17) is 5.73 Å². The molecule has 0 saturated heterocycles. The van der Waals surface area contributed by atoms with Crippen LogP contribution in [-0.2, 0) is 13.0 Å². The maximum atomic E-state index is 5.59. The van der Waals surface area contributed by atoms with E-state index in [1.165, 1.54) is 12.1 Å². The van der Waals surface area contributed by atoms with Gasteiger partial charge in [0.2, 0.25) is 0 Å². The molecule has 1 aromatic heterocycles. The van der Waals surface area contributed by atoms with Crippen molar-refractivity contribution in [2.75, 3.05) is 6.54 Å². The van der Waals surface area contributed by atoms with Crippen molar-refractivity contribution in [2.45, 2.75) is 32.7 Å². The van der Waals surface area contributed by atoms with Crippen molar-refractivity contribution in [1.82, 2.24) is 9.55 Å². The molecule has 14 heavy (non-hydrogen) atoms. The summed E-state index contributed by atoms with van der Waals surface area (Å²) in [5.41, 5.74) is 6.94. The number of aryl methyl sites for hydroxylation is 1. The van der Waals surface area contributed by atoms with Gasteiger partial charge in [-0.3, -0.25) is 0 Å². The van der Waals surface area contributed by atoms with E-state index in [1.807, 2.05) is 0 Å².